The molecule has 0 spiro atoms. The maximum atomic E-state index is 13.0. The third kappa shape index (κ3) is 4.11. The average Bonchev–Trinajstić information content (AvgIpc) is 2.65. The van der Waals surface area contributed by atoms with Crippen LogP contribution in [-0.4, -0.2) is 25.0 Å². The number of esters is 1. The van der Waals surface area contributed by atoms with Gasteiger partial charge in [-0.15, -0.1) is 0 Å². The van der Waals surface area contributed by atoms with Gasteiger partial charge in [0, 0.05) is 11.1 Å². The minimum Gasteiger partial charge on any atom is -0.491 e. The lowest BCUT2D eigenvalue weighted by molar-refractivity contribution is 0.0600. The van der Waals surface area contributed by atoms with Crippen molar-refractivity contribution in [3.8, 4) is 5.75 Å². The van der Waals surface area contributed by atoms with Gasteiger partial charge in [-0.1, -0.05) is 18.2 Å². The molecule has 0 saturated heterocycles. The van der Waals surface area contributed by atoms with Gasteiger partial charge in [0.05, 0.1) is 18.8 Å². The number of carbonyl (C=O) groups excluding carboxylic acids is 2. The van der Waals surface area contributed by atoms with Crippen molar-refractivity contribution in [1.29, 1.82) is 0 Å². The number of allylic oxidation sites excluding steroid dienone is 1. The van der Waals surface area contributed by atoms with Crippen LogP contribution in [0.3, 0.4) is 0 Å². The SMILES string of the molecule is COC(=O)c1ccc(/C=C2\CCc3cc(C)c(OC(C)C)cc3C2=O)cc1. The molecule has 3 rings (SSSR count). The third-order valence-corrected chi connectivity index (χ3v) is 4.64. The molecule has 0 saturated carbocycles. The molecule has 4 nitrogen and oxygen atoms in total. The Morgan fingerprint density at radius 3 is 2.44 bits per heavy atom. The van der Waals surface area contributed by atoms with E-state index in [-0.39, 0.29) is 17.9 Å². The van der Waals surface area contributed by atoms with Gasteiger partial charge in [-0.25, -0.2) is 4.79 Å². The van der Waals surface area contributed by atoms with Crippen molar-refractivity contribution < 1.29 is 19.1 Å². The second kappa shape index (κ2) is 7.78. The maximum absolute atomic E-state index is 13.0. The Balaban J connectivity index is 1.89. The van der Waals surface area contributed by atoms with Crippen LogP contribution in [0.15, 0.2) is 42.0 Å². The molecular formula is C23H24O4. The summed E-state index contributed by atoms with van der Waals surface area (Å²) in [7, 11) is 1.36. The van der Waals surface area contributed by atoms with Crippen molar-refractivity contribution in [3.05, 3.63) is 69.8 Å². The van der Waals surface area contributed by atoms with Gasteiger partial charge < -0.3 is 9.47 Å². The van der Waals surface area contributed by atoms with Gasteiger partial charge >= 0.3 is 5.97 Å². The summed E-state index contributed by atoms with van der Waals surface area (Å²) in [6.07, 6.45) is 3.49. The lowest BCUT2D eigenvalue weighted by Crippen LogP contribution is -2.16. The van der Waals surface area contributed by atoms with Gasteiger partial charge in [0.1, 0.15) is 5.75 Å². The summed E-state index contributed by atoms with van der Waals surface area (Å²) in [6.45, 7) is 5.96. The summed E-state index contributed by atoms with van der Waals surface area (Å²) >= 11 is 0. The zero-order chi connectivity index (χ0) is 19.6. The number of benzene rings is 2. The molecule has 0 atom stereocenters. The van der Waals surface area contributed by atoms with E-state index in [9.17, 15) is 9.59 Å². The second-order valence-electron chi connectivity index (χ2n) is 7.05. The van der Waals surface area contributed by atoms with Crippen LogP contribution in [0.2, 0.25) is 0 Å². The van der Waals surface area contributed by atoms with Crippen molar-refractivity contribution in [3.63, 3.8) is 0 Å². The first-order valence-electron chi connectivity index (χ1n) is 9.13. The van der Waals surface area contributed by atoms with E-state index >= 15 is 0 Å². The van der Waals surface area contributed by atoms with Crippen LogP contribution in [0.1, 0.15) is 57.7 Å². The highest BCUT2D eigenvalue weighted by molar-refractivity contribution is 6.13. The fourth-order valence-corrected chi connectivity index (χ4v) is 3.27. The lowest BCUT2D eigenvalue weighted by Gasteiger charge is -2.21. The van der Waals surface area contributed by atoms with Crippen molar-refractivity contribution in [2.24, 2.45) is 0 Å². The minimum atomic E-state index is -0.370. The number of hydrogen-bond acceptors (Lipinski definition) is 4. The van der Waals surface area contributed by atoms with E-state index in [4.69, 9.17) is 9.47 Å². The summed E-state index contributed by atoms with van der Waals surface area (Å²) < 4.78 is 10.6. The Kier molecular flexibility index (Phi) is 5.45. The average molecular weight is 364 g/mol. The Morgan fingerprint density at radius 2 is 1.81 bits per heavy atom. The molecular weight excluding hydrogens is 340 g/mol. The largest absolute Gasteiger partial charge is 0.491 e. The fraction of sp³-hybridized carbons (Fsp3) is 0.304. The molecule has 2 aromatic carbocycles. The number of ether oxygens (including phenoxy) is 2. The van der Waals surface area contributed by atoms with Crippen molar-refractivity contribution >= 4 is 17.8 Å². The van der Waals surface area contributed by atoms with Crippen LogP contribution < -0.4 is 4.74 Å². The predicted molar refractivity (Wildman–Crippen MR) is 105 cm³/mol. The first-order chi connectivity index (χ1) is 12.9. The molecule has 2 aromatic rings. The van der Waals surface area contributed by atoms with Gasteiger partial charge in [-0.05, 0) is 74.6 Å². The second-order valence-corrected chi connectivity index (χ2v) is 7.05. The van der Waals surface area contributed by atoms with E-state index in [1.807, 2.05) is 45.0 Å². The maximum Gasteiger partial charge on any atom is 0.337 e. The van der Waals surface area contributed by atoms with E-state index in [0.29, 0.717) is 12.0 Å². The molecule has 0 N–H and O–H groups in total. The Morgan fingerprint density at radius 1 is 1.11 bits per heavy atom. The van der Waals surface area contributed by atoms with Crippen molar-refractivity contribution in [2.75, 3.05) is 7.11 Å². The highest BCUT2D eigenvalue weighted by Gasteiger charge is 2.23. The highest BCUT2D eigenvalue weighted by atomic mass is 16.5. The number of Topliss-reactive ketones (excluding diaryl/α,β-unsaturated/α-hetero) is 1. The lowest BCUT2D eigenvalue weighted by atomic mass is 9.85. The van der Waals surface area contributed by atoms with Crippen molar-refractivity contribution in [2.45, 2.75) is 39.7 Å². The summed E-state index contributed by atoms with van der Waals surface area (Å²) in [4.78, 5) is 24.5. The van der Waals surface area contributed by atoms with Gasteiger partial charge in [-0.2, -0.15) is 0 Å². The van der Waals surface area contributed by atoms with E-state index in [1.54, 1.807) is 12.1 Å². The molecule has 27 heavy (non-hydrogen) atoms. The number of aryl methyl sites for hydroxylation is 2. The molecule has 0 bridgehead atoms. The number of carbonyl (C=O) groups is 2. The molecule has 4 heteroatoms. The number of fused-ring (bicyclic) bond motifs is 1. The minimum absolute atomic E-state index is 0.0434. The number of ketones is 1. The summed E-state index contributed by atoms with van der Waals surface area (Å²) in [5.41, 5.74) is 5.01. The molecule has 0 radical (unpaired) electrons. The molecule has 1 aliphatic rings. The van der Waals surface area contributed by atoms with Crippen LogP contribution in [0.5, 0.6) is 5.75 Å². The highest BCUT2D eigenvalue weighted by Crippen LogP contribution is 2.32. The standard InChI is InChI=1S/C23H24O4/c1-14(2)27-21-13-20-18(11-15(21)3)9-10-19(22(20)24)12-16-5-7-17(8-6-16)23(25)26-4/h5-8,11-14H,9-10H2,1-4H3/b19-12+. The monoisotopic (exact) mass is 364 g/mol. The summed E-state index contributed by atoms with van der Waals surface area (Å²) in [6, 6.07) is 11.0. The first-order valence-corrected chi connectivity index (χ1v) is 9.13. The Labute approximate surface area is 159 Å². The quantitative estimate of drug-likeness (QED) is 0.579. The van der Waals surface area contributed by atoms with Gasteiger partial charge in [0.15, 0.2) is 5.78 Å². The predicted octanol–water partition coefficient (Wildman–Crippen LogP) is 4.78. The zero-order valence-corrected chi connectivity index (χ0v) is 16.2. The first kappa shape index (κ1) is 18.9. The molecule has 0 amide bonds. The normalized spacial score (nSPS) is 15.0. The summed E-state index contributed by atoms with van der Waals surface area (Å²) in [5.74, 6) is 0.438. The molecule has 140 valence electrons. The number of hydrogen-bond donors (Lipinski definition) is 0. The molecule has 0 unspecified atom stereocenters. The molecule has 0 aliphatic heterocycles. The smallest absolute Gasteiger partial charge is 0.337 e. The van der Waals surface area contributed by atoms with Gasteiger partial charge in [-0.3, -0.25) is 4.79 Å². The number of rotatable bonds is 4. The van der Waals surface area contributed by atoms with E-state index in [1.165, 1.54) is 7.11 Å². The Bertz CT molecular complexity index is 905. The van der Waals surface area contributed by atoms with E-state index in [0.717, 1.165) is 40.0 Å². The van der Waals surface area contributed by atoms with E-state index in [2.05, 4.69) is 6.07 Å². The van der Waals surface area contributed by atoms with E-state index < -0.39 is 0 Å². The molecule has 1 aliphatic carbocycles. The van der Waals surface area contributed by atoms with Gasteiger partial charge in [0.2, 0.25) is 0 Å². The van der Waals surface area contributed by atoms with Crippen LogP contribution in [-0.2, 0) is 11.2 Å². The van der Waals surface area contributed by atoms with Crippen LogP contribution in [0.25, 0.3) is 6.08 Å². The molecule has 0 aromatic heterocycles. The summed E-state index contributed by atoms with van der Waals surface area (Å²) in [5, 5.41) is 0. The van der Waals surface area contributed by atoms with Crippen molar-refractivity contribution in [1.82, 2.24) is 0 Å². The third-order valence-electron chi connectivity index (χ3n) is 4.64. The number of methoxy groups -OCH3 is 1. The fourth-order valence-electron chi connectivity index (χ4n) is 3.27. The molecule has 0 heterocycles. The van der Waals surface area contributed by atoms with Crippen LogP contribution in [0.4, 0.5) is 0 Å². The van der Waals surface area contributed by atoms with Crippen LogP contribution in [0, 0.1) is 6.92 Å². The zero-order valence-electron chi connectivity index (χ0n) is 16.2. The molecule has 0 fully saturated rings. The van der Waals surface area contributed by atoms with Crippen LogP contribution >= 0.6 is 0 Å². The topological polar surface area (TPSA) is 52.6 Å². The van der Waals surface area contributed by atoms with Gasteiger partial charge in [0.25, 0.3) is 0 Å². The Hall–Kier alpha value is -2.88.